The topological polar surface area (TPSA) is 128 Å². The summed E-state index contributed by atoms with van der Waals surface area (Å²) < 4.78 is 24.2. The number of thiophene rings is 1. The molecule has 1 atom stereocenters. The summed E-state index contributed by atoms with van der Waals surface area (Å²) >= 11 is 1.42. The van der Waals surface area contributed by atoms with Gasteiger partial charge in [0, 0.05) is 42.2 Å². The van der Waals surface area contributed by atoms with Gasteiger partial charge in [0.05, 0.1) is 45.9 Å². The van der Waals surface area contributed by atoms with Crippen LogP contribution in [-0.4, -0.2) is 56.0 Å². The summed E-state index contributed by atoms with van der Waals surface area (Å²) in [5.74, 6) is 0.367. The molecule has 3 aromatic heterocycles. The molecular formula is C21H20N6O4S2. The minimum Gasteiger partial charge on any atom is -0.418 e. The van der Waals surface area contributed by atoms with Crippen molar-refractivity contribution in [2.45, 2.75) is 18.7 Å². The molecule has 0 bridgehead atoms. The van der Waals surface area contributed by atoms with E-state index in [0.29, 0.717) is 41.2 Å². The zero-order chi connectivity index (χ0) is 22.9. The number of anilines is 1. The van der Waals surface area contributed by atoms with E-state index in [1.54, 1.807) is 6.20 Å². The molecule has 33 heavy (non-hydrogen) atoms. The Balaban J connectivity index is 1.56. The fraction of sp³-hybridized carbons (Fsp3) is 0.286. The summed E-state index contributed by atoms with van der Waals surface area (Å²) in [6, 6.07) is 3.77. The van der Waals surface area contributed by atoms with Crippen LogP contribution < -0.4 is 15.4 Å². The van der Waals surface area contributed by atoms with E-state index >= 15 is 0 Å². The van der Waals surface area contributed by atoms with Gasteiger partial charge in [0.2, 0.25) is 16.9 Å². The standard InChI is InChI=1S/C21H20N6O4S2/c1-3-30-10-11-8-25-21(33(2)29)27-20(11)31-14-9-24-16-12(26-14)4-5-13-15(16)17-18(32-13)19(28)23-7-6-22-17/h4-5,8-9,22H,3,6-7,10H2,1-2H3,(H,23,28). The van der Waals surface area contributed by atoms with Crippen molar-refractivity contribution in [3.05, 3.63) is 35.0 Å². The summed E-state index contributed by atoms with van der Waals surface area (Å²) in [5, 5.41) is 7.25. The van der Waals surface area contributed by atoms with Crippen LogP contribution in [0.2, 0.25) is 0 Å². The van der Waals surface area contributed by atoms with Crippen LogP contribution in [0.4, 0.5) is 5.69 Å². The van der Waals surface area contributed by atoms with Crippen LogP contribution in [0.25, 0.3) is 21.1 Å². The van der Waals surface area contributed by atoms with Gasteiger partial charge >= 0.3 is 0 Å². The van der Waals surface area contributed by atoms with Crippen LogP contribution in [0, 0.1) is 0 Å². The van der Waals surface area contributed by atoms with Gasteiger partial charge in [0.15, 0.2) is 0 Å². The van der Waals surface area contributed by atoms with Gasteiger partial charge in [-0.2, -0.15) is 4.98 Å². The van der Waals surface area contributed by atoms with Gasteiger partial charge in [-0.05, 0) is 19.1 Å². The Labute approximate surface area is 195 Å². The normalized spacial score (nSPS) is 14.4. The molecule has 4 heterocycles. The molecule has 0 saturated carbocycles. The number of nitrogens with zero attached hydrogens (tertiary/aromatic N) is 4. The number of amides is 1. The molecule has 0 saturated heterocycles. The van der Waals surface area contributed by atoms with Gasteiger partial charge in [0.25, 0.3) is 5.91 Å². The predicted octanol–water partition coefficient (Wildman–Crippen LogP) is 2.86. The highest BCUT2D eigenvalue weighted by atomic mass is 32.2. The van der Waals surface area contributed by atoms with Gasteiger partial charge in [-0.15, -0.1) is 11.3 Å². The van der Waals surface area contributed by atoms with E-state index in [2.05, 4.69) is 30.6 Å². The Hall–Kier alpha value is -3.22. The van der Waals surface area contributed by atoms with Gasteiger partial charge in [-0.25, -0.2) is 15.0 Å². The lowest BCUT2D eigenvalue weighted by atomic mass is 10.1. The van der Waals surface area contributed by atoms with Crippen molar-refractivity contribution >= 4 is 54.9 Å². The van der Waals surface area contributed by atoms with Gasteiger partial charge < -0.3 is 20.1 Å². The third-order valence-electron chi connectivity index (χ3n) is 4.98. The fourth-order valence-corrected chi connectivity index (χ4v) is 5.00. The second kappa shape index (κ2) is 8.96. The SMILES string of the molecule is CCOCc1cnc(S(C)=O)nc1Oc1cnc2c(ccc3sc4c(c32)NCCNC4=O)n1. The average Bonchev–Trinajstić information content (AvgIpc) is 3.10. The molecule has 1 aliphatic heterocycles. The van der Waals surface area contributed by atoms with Gasteiger partial charge in [-0.3, -0.25) is 9.00 Å². The number of carbonyl (C=O) groups excluding carboxylic acids is 1. The first kappa shape index (κ1) is 21.6. The maximum absolute atomic E-state index is 12.4. The average molecular weight is 485 g/mol. The van der Waals surface area contributed by atoms with E-state index in [4.69, 9.17) is 9.47 Å². The largest absolute Gasteiger partial charge is 0.418 e. The summed E-state index contributed by atoms with van der Waals surface area (Å²) in [6.45, 7) is 3.84. The van der Waals surface area contributed by atoms with Crippen molar-refractivity contribution in [1.29, 1.82) is 0 Å². The second-order valence-electron chi connectivity index (χ2n) is 7.18. The van der Waals surface area contributed by atoms with Gasteiger partial charge in [0.1, 0.15) is 4.88 Å². The molecule has 0 spiro atoms. The van der Waals surface area contributed by atoms with E-state index in [-0.39, 0.29) is 29.4 Å². The van der Waals surface area contributed by atoms with E-state index < -0.39 is 10.8 Å². The lowest BCUT2D eigenvalue weighted by molar-refractivity contribution is 0.0962. The molecule has 12 heteroatoms. The highest BCUT2D eigenvalue weighted by molar-refractivity contribution is 7.84. The molecule has 170 valence electrons. The Bertz CT molecular complexity index is 1410. The number of fused-ring (bicyclic) bond motifs is 5. The van der Waals surface area contributed by atoms with Crippen LogP contribution in [0.3, 0.4) is 0 Å². The molecule has 0 radical (unpaired) electrons. The number of ether oxygens (including phenoxy) is 2. The quantitative estimate of drug-likeness (QED) is 0.397. The summed E-state index contributed by atoms with van der Waals surface area (Å²) in [4.78, 5) is 30.7. The maximum Gasteiger partial charge on any atom is 0.263 e. The Morgan fingerprint density at radius 1 is 1.15 bits per heavy atom. The lowest BCUT2D eigenvalue weighted by Crippen LogP contribution is -2.24. The first-order valence-corrected chi connectivity index (χ1v) is 12.6. The zero-order valence-corrected chi connectivity index (χ0v) is 19.5. The van der Waals surface area contributed by atoms with E-state index in [1.165, 1.54) is 23.8 Å². The molecule has 1 amide bonds. The number of aromatic nitrogens is 4. The second-order valence-corrected chi connectivity index (χ2v) is 9.51. The maximum atomic E-state index is 12.4. The van der Waals surface area contributed by atoms with Crippen LogP contribution >= 0.6 is 11.3 Å². The number of hydrogen-bond acceptors (Lipinski definition) is 10. The van der Waals surface area contributed by atoms with Crippen LogP contribution in [-0.2, 0) is 22.1 Å². The summed E-state index contributed by atoms with van der Waals surface area (Å²) in [6.07, 6.45) is 4.56. The molecule has 1 aromatic carbocycles. The third-order valence-corrected chi connectivity index (χ3v) is 6.85. The number of rotatable bonds is 6. The molecule has 1 aliphatic rings. The summed E-state index contributed by atoms with van der Waals surface area (Å²) in [7, 11) is -1.37. The van der Waals surface area contributed by atoms with Crippen molar-refractivity contribution in [3.63, 3.8) is 0 Å². The molecular weight excluding hydrogens is 464 g/mol. The molecule has 0 fully saturated rings. The third kappa shape index (κ3) is 4.12. The Kier molecular flexibility index (Phi) is 5.87. The van der Waals surface area contributed by atoms with Gasteiger partial charge in [-0.1, -0.05) is 0 Å². The Morgan fingerprint density at radius 3 is 2.82 bits per heavy atom. The highest BCUT2D eigenvalue weighted by Crippen LogP contribution is 2.40. The first-order chi connectivity index (χ1) is 16.0. The highest BCUT2D eigenvalue weighted by Gasteiger charge is 2.23. The first-order valence-electron chi connectivity index (χ1n) is 10.2. The van der Waals surface area contributed by atoms with Crippen LogP contribution in [0.5, 0.6) is 11.8 Å². The number of hydrogen-bond donors (Lipinski definition) is 2. The van der Waals surface area contributed by atoms with E-state index in [0.717, 1.165) is 15.8 Å². The molecule has 10 nitrogen and oxygen atoms in total. The number of benzene rings is 1. The minimum atomic E-state index is -1.37. The lowest BCUT2D eigenvalue weighted by Gasteiger charge is -2.11. The Morgan fingerprint density at radius 2 is 2.00 bits per heavy atom. The fourth-order valence-electron chi connectivity index (χ4n) is 3.49. The van der Waals surface area contributed by atoms with Crippen molar-refractivity contribution in [1.82, 2.24) is 25.3 Å². The minimum absolute atomic E-state index is 0.0908. The number of nitrogens with one attached hydrogen (secondary N) is 2. The molecule has 2 N–H and O–H groups in total. The van der Waals surface area contributed by atoms with Crippen molar-refractivity contribution < 1.29 is 18.5 Å². The molecule has 5 rings (SSSR count). The van der Waals surface area contributed by atoms with E-state index in [1.807, 2.05) is 19.1 Å². The van der Waals surface area contributed by atoms with Crippen molar-refractivity contribution in [3.8, 4) is 11.8 Å². The zero-order valence-electron chi connectivity index (χ0n) is 17.9. The smallest absolute Gasteiger partial charge is 0.263 e. The van der Waals surface area contributed by atoms with Crippen molar-refractivity contribution in [2.24, 2.45) is 0 Å². The van der Waals surface area contributed by atoms with Crippen LogP contribution in [0.15, 0.2) is 29.7 Å². The van der Waals surface area contributed by atoms with Crippen LogP contribution in [0.1, 0.15) is 22.2 Å². The monoisotopic (exact) mass is 484 g/mol. The number of carbonyl (C=O) groups is 1. The predicted molar refractivity (Wildman–Crippen MR) is 126 cm³/mol. The molecule has 1 unspecified atom stereocenters. The summed E-state index contributed by atoms with van der Waals surface area (Å²) in [5.41, 5.74) is 2.68. The van der Waals surface area contributed by atoms with E-state index in [9.17, 15) is 9.00 Å². The molecule has 0 aliphatic carbocycles. The van der Waals surface area contributed by atoms with Crippen molar-refractivity contribution in [2.75, 3.05) is 31.3 Å². The molecule has 4 aromatic rings.